The minimum absolute atomic E-state index is 0.0544. The minimum Gasteiger partial charge on any atom is -0.385 e. The molecule has 1 aliphatic heterocycles. The molecule has 0 aliphatic carbocycles. The third-order valence-corrected chi connectivity index (χ3v) is 4.98. The lowest BCUT2D eigenvalue weighted by molar-refractivity contribution is -0.0587. The Morgan fingerprint density at radius 1 is 1.44 bits per heavy atom. The Hall–Kier alpha value is -1.73. The zero-order valence-corrected chi connectivity index (χ0v) is 14.5. The number of carbonyl (C=O) groups is 1. The highest BCUT2D eigenvalue weighted by atomic mass is 19.2. The number of primary amides is 1. The predicted octanol–water partition coefficient (Wildman–Crippen LogP) is 2.76. The molecule has 1 fully saturated rings. The zero-order chi connectivity index (χ0) is 18.4. The van der Waals surface area contributed by atoms with Crippen LogP contribution in [0.25, 0.3) is 0 Å². The molecular weight excluding hydrogens is 330 g/mol. The number of urea groups is 1. The minimum atomic E-state index is -1.56. The molecular formula is C18H26F2N2O3. The highest BCUT2D eigenvalue weighted by Crippen LogP contribution is 2.41. The second-order valence-electron chi connectivity index (χ2n) is 6.60. The lowest BCUT2D eigenvalue weighted by Crippen LogP contribution is -2.50. The Morgan fingerprint density at radius 3 is 2.88 bits per heavy atom. The number of ether oxygens (including phenoxy) is 1. The summed E-state index contributed by atoms with van der Waals surface area (Å²) in [5.74, 6) is -2.43. The van der Waals surface area contributed by atoms with Crippen molar-refractivity contribution in [3.8, 4) is 0 Å². The van der Waals surface area contributed by atoms with E-state index in [1.807, 2.05) is 0 Å². The fraction of sp³-hybridized carbons (Fsp3) is 0.611. The average molecular weight is 356 g/mol. The van der Waals surface area contributed by atoms with E-state index >= 15 is 0 Å². The van der Waals surface area contributed by atoms with Crippen LogP contribution >= 0.6 is 0 Å². The van der Waals surface area contributed by atoms with Crippen LogP contribution in [0.4, 0.5) is 13.6 Å². The number of hydrogen-bond donors (Lipinski definition) is 2. The summed E-state index contributed by atoms with van der Waals surface area (Å²) in [6.45, 7) is 1.27. The van der Waals surface area contributed by atoms with Crippen LogP contribution in [0, 0.1) is 17.6 Å². The molecule has 0 saturated carbocycles. The summed E-state index contributed by atoms with van der Waals surface area (Å²) >= 11 is 0. The lowest BCUT2D eigenvalue weighted by Gasteiger charge is -2.42. The molecule has 3 N–H and O–H groups in total. The van der Waals surface area contributed by atoms with Crippen molar-refractivity contribution in [3.05, 3.63) is 35.4 Å². The summed E-state index contributed by atoms with van der Waals surface area (Å²) in [4.78, 5) is 12.9. The quantitative estimate of drug-likeness (QED) is 0.738. The van der Waals surface area contributed by atoms with Gasteiger partial charge in [0.05, 0.1) is 5.60 Å². The van der Waals surface area contributed by atoms with Gasteiger partial charge in [0.2, 0.25) is 0 Å². The van der Waals surface area contributed by atoms with Gasteiger partial charge in [0.1, 0.15) is 0 Å². The number of hydrogen-bond acceptors (Lipinski definition) is 3. The first-order valence-electron chi connectivity index (χ1n) is 8.60. The van der Waals surface area contributed by atoms with Crippen molar-refractivity contribution in [1.82, 2.24) is 4.90 Å². The Morgan fingerprint density at radius 2 is 2.20 bits per heavy atom. The number of methoxy groups -OCH3 is 1. The highest BCUT2D eigenvalue weighted by molar-refractivity contribution is 5.72. The molecule has 2 unspecified atom stereocenters. The molecule has 25 heavy (non-hydrogen) atoms. The van der Waals surface area contributed by atoms with Gasteiger partial charge in [0, 0.05) is 38.3 Å². The summed E-state index contributed by atoms with van der Waals surface area (Å²) in [7, 11) is 1.59. The molecule has 1 aromatic carbocycles. The van der Waals surface area contributed by atoms with Gasteiger partial charge in [0.15, 0.2) is 11.6 Å². The van der Waals surface area contributed by atoms with Gasteiger partial charge in [-0.15, -0.1) is 0 Å². The molecule has 1 aromatic rings. The first-order chi connectivity index (χ1) is 11.9. The maximum absolute atomic E-state index is 14.4. The second-order valence-corrected chi connectivity index (χ2v) is 6.60. The molecule has 1 aliphatic rings. The molecule has 5 nitrogen and oxygen atoms in total. The van der Waals surface area contributed by atoms with Crippen LogP contribution in [0.1, 0.15) is 37.7 Å². The summed E-state index contributed by atoms with van der Waals surface area (Å²) in [5.41, 5.74) is 3.74. The number of likely N-dealkylation sites (tertiary alicyclic amines) is 1. The Bertz CT molecular complexity index is 600. The first kappa shape index (κ1) is 19.6. The fourth-order valence-corrected chi connectivity index (χ4v) is 3.60. The number of nitrogens with zero attached hydrogens (tertiary/aromatic N) is 1. The number of carbonyl (C=O) groups excluding carboxylic acids is 1. The van der Waals surface area contributed by atoms with Crippen LogP contribution in [0.3, 0.4) is 0 Å². The summed E-state index contributed by atoms with van der Waals surface area (Å²) in [5, 5.41) is 11.4. The number of benzene rings is 1. The predicted molar refractivity (Wildman–Crippen MR) is 89.9 cm³/mol. The second kappa shape index (κ2) is 8.58. The molecule has 0 spiro atoms. The number of piperidine rings is 1. The smallest absolute Gasteiger partial charge is 0.314 e. The number of unbranched alkanes of at least 4 members (excludes halogenated alkanes) is 1. The lowest BCUT2D eigenvalue weighted by atomic mass is 9.74. The number of amides is 2. The van der Waals surface area contributed by atoms with Gasteiger partial charge in [-0.1, -0.05) is 12.1 Å². The van der Waals surface area contributed by atoms with Crippen LogP contribution in [-0.2, 0) is 10.3 Å². The molecule has 2 rings (SSSR count). The van der Waals surface area contributed by atoms with Crippen molar-refractivity contribution >= 4 is 6.03 Å². The van der Waals surface area contributed by atoms with Crippen molar-refractivity contribution < 1.29 is 23.4 Å². The summed E-state index contributed by atoms with van der Waals surface area (Å²) < 4.78 is 33.2. The fourth-order valence-electron chi connectivity index (χ4n) is 3.60. The van der Waals surface area contributed by atoms with E-state index in [0.717, 1.165) is 6.07 Å². The Kier molecular flexibility index (Phi) is 6.72. The normalized spacial score (nSPS) is 20.3. The highest BCUT2D eigenvalue weighted by Gasteiger charge is 2.42. The number of aliphatic hydroxyl groups is 1. The standard InChI is InChI=1S/C18H26F2N2O3/c1-25-11-3-2-9-18(24,14-7-4-8-15(19)16(14)20)13-6-5-10-22(12-13)17(21)23/h4,7-8,13,24H,2-3,5-6,9-12H2,1H3,(H2,21,23). The van der Waals surface area contributed by atoms with Crippen molar-refractivity contribution in [2.45, 2.75) is 37.7 Å². The third kappa shape index (κ3) is 4.46. The van der Waals surface area contributed by atoms with E-state index < -0.39 is 29.2 Å². The number of nitrogens with two attached hydrogens (primary N) is 1. The maximum Gasteiger partial charge on any atom is 0.314 e. The molecule has 140 valence electrons. The van der Waals surface area contributed by atoms with Gasteiger partial charge in [-0.25, -0.2) is 13.6 Å². The van der Waals surface area contributed by atoms with Crippen LogP contribution in [0.5, 0.6) is 0 Å². The van der Waals surface area contributed by atoms with Crippen molar-refractivity contribution in [1.29, 1.82) is 0 Å². The largest absolute Gasteiger partial charge is 0.385 e. The van der Waals surface area contributed by atoms with Crippen LogP contribution in [0.15, 0.2) is 18.2 Å². The van der Waals surface area contributed by atoms with Gasteiger partial charge in [-0.05, 0) is 38.2 Å². The van der Waals surface area contributed by atoms with E-state index in [1.165, 1.54) is 17.0 Å². The van der Waals surface area contributed by atoms with Gasteiger partial charge >= 0.3 is 6.03 Å². The Balaban J connectivity index is 2.31. The van der Waals surface area contributed by atoms with Gasteiger partial charge in [-0.2, -0.15) is 0 Å². The van der Waals surface area contributed by atoms with Gasteiger partial charge < -0.3 is 20.5 Å². The SMILES string of the molecule is COCCCCC(O)(c1cccc(F)c1F)C1CCCN(C(N)=O)C1. The van der Waals surface area contributed by atoms with E-state index in [2.05, 4.69) is 0 Å². The molecule has 1 saturated heterocycles. The van der Waals surface area contributed by atoms with E-state index in [1.54, 1.807) is 7.11 Å². The maximum atomic E-state index is 14.4. The van der Waals surface area contributed by atoms with Crippen LogP contribution in [0.2, 0.25) is 0 Å². The molecule has 0 aromatic heterocycles. The van der Waals surface area contributed by atoms with Gasteiger partial charge in [0.25, 0.3) is 0 Å². The molecule has 2 atom stereocenters. The summed E-state index contributed by atoms with van der Waals surface area (Å²) in [6.07, 6.45) is 2.81. The number of halogens is 2. The van der Waals surface area contributed by atoms with Crippen LogP contribution in [-0.4, -0.2) is 42.8 Å². The van der Waals surface area contributed by atoms with Crippen molar-refractivity contribution in [3.63, 3.8) is 0 Å². The molecule has 0 bridgehead atoms. The molecule has 7 heteroatoms. The van der Waals surface area contributed by atoms with Crippen molar-refractivity contribution in [2.75, 3.05) is 26.8 Å². The van der Waals surface area contributed by atoms with E-state index in [-0.39, 0.29) is 18.5 Å². The molecule has 0 radical (unpaired) electrons. The average Bonchev–Trinajstić information content (AvgIpc) is 2.61. The summed E-state index contributed by atoms with van der Waals surface area (Å²) in [6, 6.07) is 3.27. The zero-order valence-electron chi connectivity index (χ0n) is 14.5. The number of rotatable bonds is 7. The third-order valence-electron chi connectivity index (χ3n) is 4.98. The van der Waals surface area contributed by atoms with E-state index in [0.29, 0.717) is 38.8 Å². The topological polar surface area (TPSA) is 75.8 Å². The Labute approximate surface area is 146 Å². The molecule has 1 heterocycles. The molecule has 2 amide bonds. The van der Waals surface area contributed by atoms with Crippen LogP contribution < -0.4 is 5.73 Å². The van der Waals surface area contributed by atoms with E-state index in [9.17, 15) is 18.7 Å². The monoisotopic (exact) mass is 356 g/mol. The van der Waals surface area contributed by atoms with Crippen molar-refractivity contribution in [2.24, 2.45) is 11.7 Å². The van der Waals surface area contributed by atoms with Gasteiger partial charge in [-0.3, -0.25) is 0 Å². The van der Waals surface area contributed by atoms with E-state index in [4.69, 9.17) is 10.5 Å². The first-order valence-corrected chi connectivity index (χ1v) is 8.60.